The van der Waals surface area contributed by atoms with Gasteiger partial charge in [0.1, 0.15) is 5.25 Å². The Morgan fingerprint density at radius 3 is 2.47 bits per heavy atom. The highest BCUT2D eigenvalue weighted by molar-refractivity contribution is 9.09. The summed E-state index contributed by atoms with van der Waals surface area (Å²) in [6, 6.07) is 0. The second-order valence-corrected chi connectivity index (χ2v) is 8.06. The van der Waals surface area contributed by atoms with E-state index in [0.717, 1.165) is 6.42 Å². The first-order chi connectivity index (χ1) is 7.72. The van der Waals surface area contributed by atoms with Crippen LogP contribution in [0.1, 0.15) is 33.1 Å². The first-order valence-electron chi connectivity index (χ1n) is 5.77. The maximum atomic E-state index is 12.2. The fourth-order valence-electron chi connectivity index (χ4n) is 1.84. The minimum atomic E-state index is -3.24. The zero-order valence-corrected chi connectivity index (χ0v) is 13.0. The number of rotatable bonds is 3. The largest absolute Gasteiger partial charge is 0.339 e. The summed E-state index contributed by atoms with van der Waals surface area (Å²) in [7, 11) is -1.57. The Kier molecular flexibility index (Phi) is 4.63. The molecule has 1 atom stereocenters. The number of carbonyl (C=O) groups excluding carboxylic acids is 1. The fourth-order valence-corrected chi connectivity index (χ4v) is 4.09. The average Bonchev–Trinajstić information content (AvgIpc) is 2.26. The van der Waals surface area contributed by atoms with Crippen LogP contribution >= 0.6 is 15.9 Å². The molecule has 17 heavy (non-hydrogen) atoms. The Labute approximate surface area is 112 Å². The normalized spacial score (nSPS) is 24.4. The average molecular weight is 326 g/mol. The Morgan fingerprint density at radius 1 is 1.41 bits per heavy atom. The number of sulfone groups is 1. The second-order valence-electron chi connectivity index (χ2n) is 5.19. The third-order valence-corrected chi connectivity index (χ3v) is 6.95. The summed E-state index contributed by atoms with van der Waals surface area (Å²) >= 11 is 3.35. The van der Waals surface area contributed by atoms with Crippen LogP contribution in [-0.2, 0) is 14.6 Å². The molecule has 0 aromatic heterocycles. The van der Waals surface area contributed by atoms with Gasteiger partial charge < -0.3 is 4.90 Å². The fraction of sp³-hybridized carbons (Fsp3) is 0.909. The topological polar surface area (TPSA) is 54.5 Å². The summed E-state index contributed by atoms with van der Waals surface area (Å²) in [4.78, 5) is 13.8. The molecule has 4 nitrogen and oxygen atoms in total. The van der Waals surface area contributed by atoms with E-state index in [0.29, 0.717) is 18.2 Å². The molecule has 0 spiro atoms. The molecule has 1 fully saturated rings. The highest BCUT2D eigenvalue weighted by atomic mass is 79.9. The predicted octanol–water partition coefficient (Wildman–Crippen LogP) is 1.59. The number of alkyl halides is 1. The highest BCUT2D eigenvalue weighted by Crippen LogP contribution is 2.24. The Hall–Kier alpha value is -0.100. The molecule has 1 aliphatic heterocycles. The first kappa shape index (κ1) is 15.0. The van der Waals surface area contributed by atoms with Crippen molar-refractivity contribution in [2.45, 2.75) is 43.9 Å². The van der Waals surface area contributed by atoms with Crippen molar-refractivity contribution in [3.63, 3.8) is 0 Å². The van der Waals surface area contributed by atoms with Gasteiger partial charge in [-0.3, -0.25) is 4.79 Å². The van der Waals surface area contributed by atoms with Gasteiger partial charge in [-0.2, -0.15) is 0 Å². The lowest BCUT2D eigenvalue weighted by atomic mass is 10.1. The van der Waals surface area contributed by atoms with Crippen LogP contribution in [0.4, 0.5) is 0 Å². The van der Waals surface area contributed by atoms with E-state index in [4.69, 9.17) is 0 Å². The molecule has 6 heteroatoms. The quantitative estimate of drug-likeness (QED) is 0.740. The third kappa shape index (κ3) is 3.22. The number of carbonyl (C=O) groups is 1. The van der Waals surface area contributed by atoms with Crippen molar-refractivity contribution in [2.24, 2.45) is 0 Å². The Balaban J connectivity index is 2.89. The van der Waals surface area contributed by atoms with E-state index < -0.39 is 15.1 Å². The lowest BCUT2D eigenvalue weighted by Gasteiger charge is -2.37. The van der Waals surface area contributed by atoms with Crippen LogP contribution in [0.2, 0.25) is 0 Å². The SMILES string of the molecule is CN(C(=O)C1CCCCS1(=O)=O)C(C)(C)CBr. The number of hydrogen-bond donors (Lipinski definition) is 0. The molecule has 0 radical (unpaired) electrons. The van der Waals surface area contributed by atoms with Crippen LogP contribution in [0.25, 0.3) is 0 Å². The number of nitrogens with zero attached hydrogens (tertiary/aromatic N) is 1. The Morgan fingerprint density at radius 2 is 2.00 bits per heavy atom. The van der Waals surface area contributed by atoms with Crippen molar-refractivity contribution in [3.05, 3.63) is 0 Å². The highest BCUT2D eigenvalue weighted by Gasteiger charge is 2.39. The van der Waals surface area contributed by atoms with E-state index in [9.17, 15) is 13.2 Å². The van der Waals surface area contributed by atoms with E-state index in [1.165, 1.54) is 0 Å². The van der Waals surface area contributed by atoms with Crippen molar-refractivity contribution in [3.8, 4) is 0 Å². The lowest BCUT2D eigenvalue weighted by Crippen LogP contribution is -2.52. The molecule has 1 saturated heterocycles. The number of amides is 1. The van der Waals surface area contributed by atoms with E-state index in [-0.39, 0.29) is 17.2 Å². The van der Waals surface area contributed by atoms with Crippen LogP contribution in [0.5, 0.6) is 0 Å². The van der Waals surface area contributed by atoms with Crippen molar-refractivity contribution in [2.75, 3.05) is 18.1 Å². The molecule has 0 N–H and O–H groups in total. The van der Waals surface area contributed by atoms with E-state index >= 15 is 0 Å². The molecule has 100 valence electrons. The Bertz CT molecular complexity index is 392. The van der Waals surface area contributed by atoms with Crippen LogP contribution in [0, 0.1) is 0 Å². The van der Waals surface area contributed by atoms with Gasteiger partial charge in [0.05, 0.1) is 5.75 Å². The molecular weight excluding hydrogens is 306 g/mol. The van der Waals surface area contributed by atoms with Gasteiger partial charge in [0, 0.05) is 17.9 Å². The maximum absolute atomic E-state index is 12.2. The van der Waals surface area contributed by atoms with Crippen LogP contribution < -0.4 is 0 Å². The molecular formula is C11H20BrNO3S. The van der Waals surface area contributed by atoms with E-state index in [1.807, 2.05) is 13.8 Å². The van der Waals surface area contributed by atoms with Gasteiger partial charge in [-0.1, -0.05) is 22.4 Å². The van der Waals surface area contributed by atoms with Crippen molar-refractivity contribution >= 4 is 31.7 Å². The van der Waals surface area contributed by atoms with Crippen molar-refractivity contribution in [1.29, 1.82) is 0 Å². The van der Waals surface area contributed by atoms with Gasteiger partial charge in [-0.15, -0.1) is 0 Å². The standard InChI is InChI=1S/C11H20BrNO3S/c1-11(2,8-12)13(3)10(14)9-6-4-5-7-17(9,15)16/h9H,4-8H2,1-3H3. The summed E-state index contributed by atoms with van der Waals surface area (Å²) < 4.78 is 23.8. The molecule has 0 bridgehead atoms. The zero-order valence-electron chi connectivity index (χ0n) is 10.6. The molecule has 1 amide bonds. The van der Waals surface area contributed by atoms with Gasteiger partial charge in [0.15, 0.2) is 9.84 Å². The van der Waals surface area contributed by atoms with Gasteiger partial charge in [-0.05, 0) is 26.7 Å². The number of hydrogen-bond acceptors (Lipinski definition) is 3. The molecule has 1 heterocycles. The van der Waals surface area contributed by atoms with Gasteiger partial charge in [0.2, 0.25) is 5.91 Å². The summed E-state index contributed by atoms with van der Waals surface area (Å²) in [5.41, 5.74) is -0.371. The minimum Gasteiger partial charge on any atom is -0.339 e. The van der Waals surface area contributed by atoms with Gasteiger partial charge in [0.25, 0.3) is 0 Å². The monoisotopic (exact) mass is 325 g/mol. The minimum absolute atomic E-state index is 0.145. The van der Waals surface area contributed by atoms with Crippen molar-refractivity contribution < 1.29 is 13.2 Å². The molecule has 0 aromatic rings. The lowest BCUT2D eigenvalue weighted by molar-refractivity contribution is -0.133. The molecule has 1 rings (SSSR count). The van der Waals surface area contributed by atoms with E-state index in [2.05, 4.69) is 15.9 Å². The van der Waals surface area contributed by atoms with Gasteiger partial charge in [-0.25, -0.2) is 8.42 Å². The summed E-state index contributed by atoms with van der Waals surface area (Å²) in [6.45, 7) is 3.82. The summed E-state index contributed by atoms with van der Waals surface area (Å²) in [5.74, 6) is -0.124. The number of halogens is 1. The predicted molar refractivity (Wildman–Crippen MR) is 72.1 cm³/mol. The van der Waals surface area contributed by atoms with Crippen LogP contribution in [0.3, 0.4) is 0 Å². The second kappa shape index (κ2) is 5.26. The third-order valence-electron chi connectivity index (χ3n) is 3.42. The summed E-state index contributed by atoms with van der Waals surface area (Å²) in [5, 5.41) is -0.214. The summed E-state index contributed by atoms with van der Waals surface area (Å²) in [6.07, 6.45) is 1.96. The molecule has 0 aromatic carbocycles. The molecule has 0 aliphatic carbocycles. The first-order valence-corrected chi connectivity index (χ1v) is 8.61. The molecule has 0 saturated carbocycles. The van der Waals surface area contributed by atoms with Crippen LogP contribution in [0.15, 0.2) is 0 Å². The smallest absolute Gasteiger partial charge is 0.241 e. The molecule has 1 unspecified atom stereocenters. The van der Waals surface area contributed by atoms with Gasteiger partial charge >= 0.3 is 0 Å². The van der Waals surface area contributed by atoms with E-state index in [1.54, 1.807) is 11.9 Å². The maximum Gasteiger partial charge on any atom is 0.241 e. The molecule has 1 aliphatic rings. The zero-order chi connectivity index (χ0) is 13.3. The van der Waals surface area contributed by atoms with Crippen molar-refractivity contribution in [1.82, 2.24) is 4.90 Å². The van der Waals surface area contributed by atoms with Crippen LogP contribution in [-0.4, -0.2) is 48.1 Å².